The Labute approximate surface area is 152 Å². The SMILES string of the molecule is O=C(/C=C/c1cnc[nH]1)N1CCOC(COc2ccc(C(F)(F)F)cn2)C1. The summed E-state index contributed by atoms with van der Waals surface area (Å²) in [6, 6.07) is 2.06. The van der Waals surface area contributed by atoms with Crippen LogP contribution in [0.3, 0.4) is 0 Å². The molecule has 1 fully saturated rings. The largest absolute Gasteiger partial charge is 0.475 e. The zero-order valence-electron chi connectivity index (χ0n) is 14.1. The van der Waals surface area contributed by atoms with Gasteiger partial charge >= 0.3 is 6.18 Å². The minimum Gasteiger partial charge on any atom is -0.475 e. The van der Waals surface area contributed by atoms with Crippen LogP contribution in [0.4, 0.5) is 13.2 Å². The van der Waals surface area contributed by atoms with E-state index < -0.39 is 17.8 Å². The summed E-state index contributed by atoms with van der Waals surface area (Å²) >= 11 is 0. The third-order valence-electron chi connectivity index (χ3n) is 3.86. The van der Waals surface area contributed by atoms with E-state index in [1.54, 1.807) is 17.2 Å². The summed E-state index contributed by atoms with van der Waals surface area (Å²) in [5.41, 5.74) is -0.130. The Morgan fingerprint density at radius 1 is 1.41 bits per heavy atom. The van der Waals surface area contributed by atoms with E-state index >= 15 is 0 Å². The van der Waals surface area contributed by atoms with E-state index in [-0.39, 0.29) is 18.4 Å². The Balaban J connectivity index is 1.50. The number of aromatic amines is 1. The maximum Gasteiger partial charge on any atom is 0.417 e. The van der Waals surface area contributed by atoms with Crippen LogP contribution >= 0.6 is 0 Å². The van der Waals surface area contributed by atoms with E-state index in [1.807, 2.05) is 0 Å². The lowest BCUT2D eigenvalue weighted by Crippen LogP contribution is -2.47. The van der Waals surface area contributed by atoms with Gasteiger partial charge in [0.05, 0.1) is 36.9 Å². The molecule has 1 atom stereocenters. The predicted molar refractivity (Wildman–Crippen MR) is 88.7 cm³/mol. The maximum atomic E-state index is 12.5. The first-order valence-corrected chi connectivity index (χ1v) is 8.15. The van der Waals surface area contributed by atoms with Crippen molar-refractivity contribution in [1.82, 2.24) is 19.9 Å². The maximum absolute atomic E-state index is 12.5. The van der Waals surface area contributed by atoms with Crippen LogP contribution in [0.15, 0.2) is 36.9 Å². The van der Waals surface area contributed by atoms with Crippen LogP contribution in [0.2, 0.25) is 0 Å². The number of halogens is 3. The van der Waals surface area contributed by atoms with Crippen molar-refractivity contribution in [2.75, 3.05) is 26.3 Å². The van der Waals surface area contributed by atoms with Gasteiger partial charge in [-0.05, 0) is 12.1 Å². The van der Waals surface area contributed by atoms with Crippen molar-refractivity contribution < 1.29 is 27.4 Å². The highest BCUT2D eigenvalue weighted by molar-refractivity contribution is 5.91. The lowest BCUT2D eigenvalue weighted by molar-refractivity contribution is -0.137. The number of carbonyl (C=O) groups is 1. The zero-order valence-corrected chi connectivity index (χ0v) is 14.1. The highest BCUT2D eigenvalue weighted by Gasteiger charge is 2.31. The van der Waals surface area contributed by atoms with E-state index in [4.69, 9.17) is 9.47 Å². The molecule has 1 unspecified atom stereocenters. The van der Waals surface area contributed by atoms with Crippen LogP contribution in [-0.2, 0) is 15.7 Å². The van der Waals surface area contributed by atoms with Crippen LogP contribution < -0.4 is 4.74 Å². The molecule has 2 aromatic heterocycles. The first kappa shape index (κ1) is 18.9. The Morgan fingerprint density at radius 2 is 2.26 bits per heavy atom. The normalized spacial score (nSPS) is 18.0. The van der Waals surface area contributed by atoms with Crippen molar-refractivity contribution >= 4 is 12.0 Å². The van der Waals surface area contributed by atoms with Crippen molar-refractivity contribution in [2.24, 2.45) is 0 Å². The quantitative estimate of drug-likeness (QED) is 0.802. The standard InChI is InChI=1S/C17H17F3N4O3/c18-17(19,20)12-1-3-15(22-7-12)27-10-14-9-24(5-6-26-14)16(25)4-2-13-8-21-11-23-13/h1-4,7-8,11,14H,5-6,9-10H2,(H,21,23)/b4-2+. The Bertz CT molecular complexity index is 776. The molecule has 27 heavy (non-hydrogen) atoms. The smallest absolute Gasteiger partial charge is 0.417 e. The number of H-pyrrole nitrogens is 1. The predicted octanol–water partition coefficient (Wildman–Crippen LogP) is 2.14. The fourth-order valence-corrected chi connectivity index (χ4v) is 2.46. The summed E-state index contributed by atoms with van der Waals surface area (Å²) in [7, 11) is 0. The number of ether oxygens (including phenoxy) is 2. The number of nitrogens with zero attached hydrogens (tertiary/aromatic N) is 3. The highest BCUT2D eigenvalue weighted by Crippen LogP contribution is 2.29. The minimum absolute atomic E-state index is 0.0641. The Morgan fingerprint density at radius 3 is 2.93 bits per heavy atom. The third kappa shape index (κ3) is 5.30. The molecule has 2 aromatic rings. The average molecular weight is 382 g/mol. The van der Waals surface area contributed by atoms with Crippen LogP contribution in [0, 0.1) is 0 Å². The molecule has 1 saturated heterocycles. The molecule has 3 rings (SSSR count). The van der Waals surface area contributed by atoms with Crippen LogP contribution in [0.25, 0.3) is 6.08 Å². The van der Waals surface area contributed by atoms with E-state index in [0.717, 1.165) is 12.1 Å². The molecule has 1 amide bonds. The fraction of sp³-hybridized carbons (Fsp3) is 0.353. The molecule has 144 valence electrons. The van der Waals surface area contributed by atoms with Gasteiger partial charge in [-0.15, -0.1) is 0 Å². The van der Waals surface area contributed by atoms with Gasteiger partial charge in [-0.25, -0.2) is 9.97 Å². The number of hydrogen-bond acceptors (Lipinski definition) is 5. The number of morpholine rings is 1. The Hall–Kier alpha value is -2.88. The van der Waals surface area contributed by atoms with Crippen molar-refractivity contribution in [3.05, 3.63) is 48.2 Å². The third-order valence-corrected chi connectivity index (χ3v) is 3.86. The second-order valence-corrected chi connectivity index (χ2v) is 5.81. The molecule has 7 nitrogen and oxygen atoms in total. The van der Waals surface area contributed by atoms with Crippen molar-refractivity contribution in [3.63, 3.8) is 0 Å². The zero-order chi connectivity index (χ0) is 19.3. The molecule has 0 saturated carbocycles. The van der Waals surface area contributed by atoms with Gasteiger partial charge in [0.15, 0.2) is 0 Å². The summed E-state index contributed by atoms with van der Waals surface area (Å²) < 4.78 is 48.5. The molecule has 0 aliphatic carbocycles. The number of nitrogens with one attached hydrogen (secondary N) is 1. The Kier molecular flexibility index (Phi) is 5.75. The van der Waals surface area contributed by atoms with Gasteiger partial charge in [0, 0.05) is 24.9 Å². The fourth-order valence-electron chi connectivity index (χ4n) is 2.46. The van der Waals surface area contributed by atoms with Crippen LogP contribution in [-0.4, -0.2) is 58.2 Å². The molecule has 1 aliphatic rings. The number of pyridine rings is 1. The number of aromatic nitrogens is 3. The van der Waals surface area contributed by atoms with Gasteiger partial charge in [-0.2, -0.15) is 13.2 Å². The first-order valence-electron chi connectivity index (χ1n) is 8.15. The molecular weight excluding hydrogens is 365 g/mol. The van der Waals surface area contributed by atoms with Gasteiger partial charge in [0.1, 0.15) is 12.7 Å². The molecule has 0 aromatic carbocycles. The molecule has 0 radical (unpaired) electrons. The molecule has 0 spiro atoms. The van der Waals surface area contributed by atoms with Gasteiger partial charge in [0.25, 0.3) is 0 Å². The topological polar surface area (TPSA) is 80.3 Å². The van der Waals surface area contributed by atoms with Crippen molar-refractivity contribution in [2.45, 2.75) is 12.3 Å². The van der Waals surface area contributed by atoms with E-state index in [2.05, 4.69) is 15.0 Å². The lowest BCUT2D eigenvalue weighted by Gasteiger charge is -2.32. The van der Waals surface area contributed by atoms with E-state index in [0.29, 0.717) is 31.6 Å². The summed E-state index contributed by atoms with van der Waals surface area (Å²) in [5, 5.41) is 0. The highest BCUT2D eigenvalue weighted by atomic mass is 19.4. The number of alkyl halides is 3. The number of imidazole rings is 1. The molecule has 3 heterocycles. The van der Waals surface area contributed by atoms with Gasteiger partial charge in [0.2, 0.25) is 11.8 Å². The minimum atomic E-state index is -4.44. The van der Waals surface area contributed by atoms with Crippen molar-refractivity contribution in [1.29, 1.82) is 0 Å². The number of amides is 1. The van der Waals surface area contributed by atoms with Crippen LogP contribution in [0.1, 0.15) is 11.3 Å². The average Bonchev–Trinajstić information content (AvgIpc) is 3.18. The summed E-state index contributed by atoms with van der Waals surface area (Å²) in [4.78, 5) is 24.2. The first-order chi connectivity index (χ1) is 12.9. The number of carbonyl (C=O) groups excluding carboxylic acids is 1. The van der Waals surface area contributed by atoms with Crippen LogP contribution in [0.5, 0.6) is 5.88 Å². The molecular formula is C17H17F3N4O3. The van der Waals surface area contributed by atoms with Gasteiger partial charge in [-0.1, -0.05) is 0 Å². The monoisotopic (exact) mass is 382 g/mol. The lowest BCUT2D eigenvalue weighted by atomic mass is 10.2. The summed E-state index contributed by atoms with van der Waals surface area (Å²) in [5.74, 6) is -0.111. The number of rotatable bonds is 5. The van der Waals surface area contributed by atoms with Gasteiger partial charge in [-0.3, -0.25) is 4.79 Å². The second-order valence-electron chi connectivity index (χ2n) is 5.81. The number of hydrogen-bond donors (Lipinski definition) is 1. The molecule has 1 aliphatic heterocycles. The molecule has 1 N–H and O–H groups in total. The second kappa shape index (κ2) is 8.21. The summed E-state index contributed by atoms with van der Waals surface area (Å²) in [6.45, 7) is 1.18. The van der Waals surface area contributed by atoms with Gasteiger partial charge < -0.3 is 19.4 Å². The molecule has 0 bridgehead atoms. The van der Waals surface area contributed by atoms with E-state index in [9.17, 15) is 18.0 Å². The van der Waals surface area contributed by atoms with Crippen molar-refractivity contribution in [3.8, 4) is 5.88 Å². The van der Waals surface area contributed by atoms with E-state index in [1.165, 1.54) is 12.4 Å². The molecule has 10 heteroatoms. The summed E-state index contributed by atoms with van der Waals surface area (Å²) in [6.07, 6.45) is 2.05.